The Morgan fingerprint density at radius 3 is 2.73 bits per heavy atom. The molecule has 0 aromatic heterocycles. The van der Waals surface area contributed by atoms with Gasteiger partial charge in [0.1, 0.15) is 17.5 Å². The number of carbonyl (C=O) groups is 2. The monoisotopic (exact) mass is 307 g/mol. The number of hydrogen-bond acceptors (Lipinski definition) is 4. The molecule has 1 aromatic rings. The Labute approximate surface area is 129 Å². The fourth-order valence-electron chi connectivity index (χ4n) is 2.78. The van der Waals surface area contributed by atoms with Gasteiger partial charge < -0.3 is 19.5 Å². The van der Waals surface area contributed by atoms with Crippen LogP contribution in [0.3, 0.4) is 0 Å². The quantitative estimate of drug-likeness (QED) is 0.866. The van der Waals surface area contributed by atoms with Gasteiger partial charge in [-0.2, -0.15) is 0 Å². The summed E-state index contributed by atoms with van der Waals surface area (Å²) in [6, 6.07) is 4.75. The highest BCUT2D eigenvalue weighted by Crippen LogP contribution is 2.26. The summed E-state index contributed by atoms with van der Waals surface area (Å²) in [7, 11) is 3.16. The summed E-state index contributed by atoms with van der Waals surface area (Å²) in [5.74, 6) is 0.345. The number of carboxylic acids is 1. The summed E-state index contributed by atoms with van der Waals surface area (Å²) in [4.78, 5) is 24.9. The number of ether oxygens (including phenoxy) is 2. The number of rotatable bonds is 6. The van der Waals surface area contributed by atoms with Gasteiger partial charge in [0.2, 0.25) is 5.91 Å². The van der Waals surface area contributed by atoms with E-state index in [1.54, 1.807) is 26.4 Å². The van der Waals surface area contributed by atoms with Crippen molar-refractivity contribution in [3.05, 3.63) is 23.8 Å². The van der Waals surface area contributed by atoms with Gasteiger partial charge in [-0.15, -0.1) is 0 Å². The normalized spacial score (nSPS) is 17.4. The predicted octanol–water partition coefficient (Wildman–Crippen LogP) is 1.71. The summed E-state index contributed by atoms with van der Waals surface area (Å²) in [6.45, 7) is 0.519. The van der Waals surface area contributed by atoms with Crippen LogP contribution in [-0.4, -0.2) is 48.7 Å². The molecule has 0 saturated carbocycles. The summed E-state index contributed by atoms with van der Waals surface area (Å²) in [5, 5.41) is 9.14. The first-order valence-electron chi connectivity index (χ1n) is 7.30. The highest BCUT2D eigenvalue weighted by molar-refractivity contribution is 5.84. The van der Waals surface area contributed by atoms with Crippen molar-refractivity contribution < 1.29 is 24.2 Å². The van der Waals surface area contributed by atoms with Crippen molar-refractivity contribution in [1.29, 1.82) is 0 Å². The number of aryl methyl sites for hydroxylation is 1. The SMILES string of the molecule is COc1ccc(OC)c(CCC(=O)N2CCCC2C(=O)O)c1. The topological polar surface area (TPSA) is 76.1 Å². The Balaban J connectivity index is 2.03. The zero-order valence-electron chi connectivity index (χ0n) is 12.9. The first kappa shape index (κ1) is 16.1. The lowest BCUT2D eigenvalue weighted by Gasteiger charge is -2.21. The van der Waals surface area contributed by atoms with Crippen LogP contribution in [0.15, 0.2) is 18.2 Å². The van der Waals surface area contributed by atoms with Gasteiger partial charge in [-0.05, 0) is 43.0 Å². The predicted molar refractivity (Wildman–Crippen MR) is 80.2 cm³/mol. The molecule has 6 heteroatoms. The maximum Gasteiger partial charge on any atom is 0.326 e. The van der Waals surface area contributed by atoms with E-state index in [0.29, 0.717) is 30.9 Å². The number of hydrogen-bond donors (Lipinski definition) is 1. The molecule has 1 fully saturated rings. The molecular weight excluding hydrogens is 286 g/mol. The van der Waals surface area contributed by atoms with Crippen molar-refractivity contribution in [2.45, 2.75) is 31.7 Å². The van der Waals surface area contributed by atoms with Crippen LogP contribution in [0.2, 0.25) is 0 Å². The van der Waals surface area contributed by atoms with E-state index in [1.165, 1.54) is 4.90 Å². The molecule has 1 aliphatic heterocycles. The van der Waals surface area contributed by atoms with Crippen LogP contribution in [0, 0.1) is 0 Å². The highest BCUT2D eigenvalue weighted by atomic mass is 16.5. The minimum atomic E-state index is -0.926. The van der Waals surface area contributed by atoms with E-state index in [4.69, 9.17) is 14.6 Å². The first-order chi connectivity index (χ1) is 10.6. The number of amides is 1. The van der Waals surface area contributed by atoms with Gasteiger partial charge in [-0.1, -0.05) is 0 Å². The van der Waals surface area contributed by atoms with Crippen molar-refractivity contribution in [1.82, 2.24) is 4.90 Å². The van der Waals surface area contributed by atoms with Crippen LogP contribution >= 0.6 is 0 Å². The van der Waals surface area contributed by atoms with Gasteiger partial charge in [-0.25, -0.2) is 4.79 Å². The van der Waals surface area contributed by atoms with Crippen molar-refractivity contribution >= 4 is 11.9 Å². The van der Waals surface area contributed by atoms with Gasteiger partial charge in [0.05, 0.1) is 14.2 Å². The van der Waals surface area contributed by atoms with E-state index < -0.39 is 12.0 Å². The Morgan fingerprint density at radius 2 is 2.09 bits per heavy atom. The summed E-state index contributed by atoms with van der Waals surface area (Å²) >= 11 is 0. The molecule has 6 nitrogen and oxygen atoms in total. The molecule has 22 heavy (non-hydrogen) atoms. The summed E-state index contributed by atoms with van der Waals surface area (Å²) in [6.07, 6.45) is 2.02. The number of methoxy groups -OCH3 is 2. The van der Waals surface area contributed by atoms with Gasteiger partial charge in [0.25, 0.3) is 0 Å². The molecule has 1 atom stereocenters. The summed E-state index contributed by atoms with van der Waals surface area (Å²) in [5.41, 5.74) is 0.876. The third-order valence-electron chi connectivity index (χ3n) is 3.95. The molecule has 0 bridgehead atoms. The number of benzene rings is 1. The van der Waals surface area contributed by atoms with Gasteiger partial charge >= 0.3 is 5.97 Å². The minimum absolute atomic E-state index is 0.130. The lowest BCUT2D eigenvalue weighted by molar-refractivity contribution is -0.148. The first-order valence-corrected chi connectivity index (χ1v) is 7.30. The third-order valence-corrected chi connectivity index (χ3v) is 3.95. The number of carboxylic acid groups (broad SMARTS) is 1. The van der Waals surface area contributed by atoms with E-state index in [2.05, 4.69) is 0 Å². The van der Waals surface area contributed by atoms with Crippen LogP contribution in [-0.2, 0) is 16.0 Å². The maximum absolute atomic E-state index is 12.3. The molecule has 1 N–H and O–H groups in total. The zero-order valence-corrected chi connectivity index (χ0v) is 12.9. The Morgan fingerprint density at radius 1 is 1.32 bits per heavy atom. The van der Waals surface area contributed by atoms with Crippen LogP contribution in [0.1, 0.15) is 24.8 Å². The Bertz CT molecular complexity index is 557. The lowest BCUT2D eigenvalue weighted by Crippen LogP contribution is -2.40. The molecule has 0 spiro atoms. The number of nitrogens with zero attached hydrogens (tertiary/aromatic N) is 1. The molecule has 0 radical (unpaired) electrons. The third kappa shape index (κ3) is 3.50. The van der Waals surface area contributed by atoms with Gasteiger partial charge in [0.15, 0.2) is 0 Å². The van der Waals surface area contributed by atoms with Crippen LogP contribution < -0.4 is 9.47 Å². The smallest absolute Gasteiger partial charge is 0.326 e. The molecule has 0 aliphatic carbocycles. The fraction of sp³-hybridized carbons (Fsp3) is 0.500. The van der Waals surface area contributed by atoms with Crippen LogP contribution in [0.25, 0.3) is 0 Å². The number of likely N-dealkylation sites (tertiary alicyclic amines) is 1. The maximum atomic E-state index is 12.3. The average molecular weight is 307 g/mol. The molecule has 1 aromatic carbocycles. The van der Waals surface area contributed by atoms with Gasteiger partial charge in [-0.3, -0.25) is 4.79 Å². The molecule has 2 rings (SSSR count). The molecule has 1 unspecified atom stereocenters. The number of carbonyl (C=O) groups excluding carboxylic acids is 1. The van der Waals surface area contributed by atoms with E-state index in [-0.39, 0.29) is 12.3 Å². The van der Waals surface area contributed by atoms with E-state index >= 15 is 0 Å². The molecule has 120 valence electrons. The average Bonchev–Trinajstić information content (AvgIpc) is 3.02. The largest absolute Gasteiger partial charge is 0.497 e. The lowest BCUT2D eigenvalue weighted by atomic mass is 10.1. The minimum Gasteiger partial charge on any atom is -0.497 e. The standard InChI is InChI=1S/C16H21NO5/c1-21-12-6-7-14(22-2)11(10-12)5-8-15(18)17-9-3-4-13(17)16(19)20/h6-7,10,13H,3-5,8-9H2,1-2H3,(H,19,20). The second-order valence-corrected chi connectivity index (χ2v) is 5.26. The van der Waals surface area contributed by atoms with Crippen LogP contribution in [0.4, 0.5) is 0 Å². The zero-order chi connectivity index (χ0) is 16.1. The molecular formula is C16H21NO5. The van der Waals surface area contributed by atoms with E-state index in [9.17, 15) is 9.59 Å². The molecule has 1 aliphatic rings. The second kappa shape index (κ2) is 7.15. The summed E-state index contributed by atoms with van der Waals surface area (Å²) < 4.78 is 10.5. The van der Waals surface area contributed by atoms with E-state index in [0.717, 1.165) is 12.0 Å². The molecule has 1 heterocycles. The Kier molecular flexibility index (Phi) is 5.25. The highest BCUT2D eigenvalue weighted by Gasteiger charge is 2.33. The molecule has 1 saturated heterocycles. The van der Waals surface area contributed by atoms with Crippen molar-refractivity contribution in [2.24, 2.45) is 0 Å². The number of aliphatic carboxylic acids is 1. The van der Waals surface area contributed by atoms with Gasteiger partial charge in [0, 0.05) is 13.0 Å². The fourth-order valence-corrected chi connectivity index (χ4v) is 2.78. The Hall–Kier alpha value is -2.24. The van der Waals surface area contributed by atoms with Crippen LogP contribution in [0.5, 0.6) is 11.5 Å². The van der Waals surface area contributed by atoms with Crippen molar-refractivity contribution in [2.75, 3.05) is 20.8 Å². The van der Waals surface area contributed by atoms with Crippen molar-refractivity contribution in [3.63, 3.8) is 0 Å². The van der Waals surface area contributed by atoms with Crippen molar-refractivity contribution in [3.8, 4) is 11.5 Å². The molecule has 1 amide bonds. The second-order valence-electron chi connectivity index (χ2n) is 5.26. The van der Waals surface area contributed by atoms with E-state index in [1.807, 2.05) is 6.07 Å².